The van der Waals surface area contributed by atoms with Gasteiger partial charge in [0.1, 0.15) is 6.10 Å². The molecule has 0 heterocycles. The summed E-state index contributed by atoms with van der Waals surface area (Å²) in [6.07, 6.45) is 58.3. The molecular weight excluding hydrogens is 691 g/mol. The number of nitrogens with one attached hydrogen (secondary N) is 1. The van der Waals surface area contributed by atoms with Crippen molar-refractivity contribution in [2.75, 3.05) is 6.61 Å². The van der Waals surface area contributed by atoms with Crippen molar-refractivity contribution >= 4 is 5.91 Å². The van der Waals surface area contributed by atoms with Crippen LogP contribution >= 0.6 is 0 Å². The second kappa shape index (κ2) is 46.5. The first-order valence-corrected chi connectivity index (χ1v) is 25.2. The number of rotatable bonds is 46. The van der Waals surface area contributed by atoms with Gasteiger partial charge in [0.25, 0.3) is 0 Å². The Morgan fingerprint density at radius 2 is 0.732 bits per heavy atom. The quantitative estimate of drug-likeness (QED) is 0.0365. The third-order valence-corrected chi connectivity index (χ3v) is 11.8. The maximum atomic E-state index is 12.5. The third-order valence-electron chi connectivity index (χ3n) is 11.8. The zero-order valence-electron chi connectivity index (χ0n) is 37.8. The molecule has 0 aromatic rings. The van der Waals surface area contributed by atoms with E-state index in [-0.39, 0.29) is 6.61 Å². The van der Waals surface area contributed by atoms with Crippen LogP contribution in [0, 0.1) is 0 Å². The standard InChI is InChI=1S/C51H99NO4/c1-3-5-7-9-11-13-15-16-17-18-19-20-21-22-23-24-25-26-27-28-29-30-31-32-33-34-36-38-40-42-44-46-50(55)51(56)52-48(47-53)49(54)45-43-41-39-37-35-14-12-10-8-6-4-2/h35,37,43,45,48-50,53-55H,3-34,36,38-42,44,46-47H2,1-2H3,(H,52,56)/b37-35+,45-43+. The van der Waals surface area contributed by atoms with Gasteiger partial charge in [-0.2, -0.15) is 0 Å². The summed E-state index contributed by atoms with van der Waals surface area (Å²) in [4.78, 5) is 12.5. The summed E-state index contributed by atoms with van der Waals surface area (Å²) in [5.74, 6) is -0.510. The topological polar surface area (TPSA) is 89.8 Å². The van der Waals surface area contributed by atoms with E-state index in [1.807, 2.05) is 6.08 Å². The number of carbonyl (C=O) groups is 1. The fourth-order valence-corrected chi connectivity index (χ4v) is 7.85. The molecule has 3 atom stereocenters. The van der Waals surface area contributed by atoms with Crippen LogP contribution in [0.2, 0.25) is 0 Å². The van der Waals surface area contributed by atoms with Crippen molar-refractivity contribution in [2.24, 2.45) is 0 Å². The SMILES string of the molecule is CCCCCCC/C=C/CC/C=C/C(O)C(CO)NC(=O)C(O)CCCCCCCCCCCCCCCCCCCCCCCCCCCCCCCCC. The smallest absolute Gasteiger partial charge is 0.249 e. The lowest BCUT2D eigenvalue weighted by molar-refractivity contribution is -0.131. The second-order valence-electron chi connectivity index (χ2n) is 17.4. The van der Waals surface area contributed by atoms with E-state index in [0.29, 0.717) is 6.42 Å². The minimum absolute atomic E-state index is 0.373. The van der Waals surface area contributed by atoms with E-state index in [0.717, 1.165) is 38.5 Å². The number of amides is 1. The van der Waals surface area contributed by atoms with Crippen LogP contribution in [-0.4, -0.2) is 46.1 Å². The van der Waals surface area contributed by atoms with Gasteiger partial charge in [-0.25, -0.2) is 0 Å². The molecule has 0 rings (SSSR count). The van der Waals surface area contributed by atoms with Gasteiger partial charge < -0.3 is 20.6 Å². The predicted octanol–water partition coefficient (Wildman–Crippen LogP) is 14.9. The molecule has 0 saturated carbocycles. The van der Waals surface area contributed by atoms with E-state index in [2.05, 4.69) is 31.3 Å². The number of unbranched alkanes of at least 4 members (excludes halogenated alkanes) is 36. The highest BCUT2D eigenvalue weighted by Gasteiger charge is 2.22. The summed E-state index contributed by atoms with van der Waals surface area (Å²) in [6, 6.07) is -0.810. The van der Waals surface area contributed by atoms with E-state index in [1.54, 1.807) is 6.08 Å². The zero-order chi connectivity index (χ0) is 40.8. The lowest BCUT2D eigenvalue weighted by atomic mass is 10.0. The first-order chi connectivity index (χ1) is 27.6. The maximum absolute atomic E-state index is 12.5. The normalized spacial score (nSPS) is 13.6. The molecule has 4 N–H and O–H groups in total. The van der Waals surface area contributed by atoms with Gasteiger partial charge in [0, 0.05) is 0 Å². The molecular formula is C51H99NO4. The van der Waals surface area contributed by atoms with Gasteiger partial charge >= 0.3 is 0 Å². The van der Waals surface area contributed by atoms with E-state index in [1.165, 1.54) is 212 Å². The van der Waals surface area contributed by atoms with Gasteiger partial charge in [0.2, 0.25) is 5.91 Å². The average Bonchev–Trinajstić information content (AvgIpc) is 3.20. The fourth-order valence-electron chi connectivity index (χ4n) is 7.85. The third kappa shape index (κ3) is 41.0. The average molecular weight is 790 g/mol. The molecule has 3 unspecified atom stereocenters. The first kappa shape index (κ1) is 54.8. The van der Waals surface area contributed by atoms with Crippen molar-refractivity contribution in [1.82, 2.24) is 5.32 Å². The lowest BCUT2D eigenvalue weighted by Gasteiger charge is -2.21. The van der Waals surface area contributed by atoms with Crippen LogP contribution in [0.15, 0.2) is 24.3 Å². The van der Waals surface area contributed by atoms with Crippen molar-refractivity contribution < 1.29 is 20.1 Å². The predicted molar refractivity (Wildman–Crippen MR) is 245 cm³/mol. The van der Waals surface area contributed by atoms with Crippen LogP contribution in [0.25, 0.3) is 0 Å². The molecule has 5 nitrogen and oxygen atoms in total. The molecule has 56 heavy (non-hydrogen) atoms. The maximum Gasteiger partial charge on any atom is 0.249 e. The Morgan fingerprint density at radius 1 is 0.429 bits per heavy atom. The van der Waals surface area contributed by atoms with Gasteiger partial charge in [-0.1, -0.05) is 263 Å². The number of hydrogen-bond donors (Lipinski definition) is 4. The van der Waals surface area contributed by atoms with Crippen LogP contribution in [0.4, 0.5) is 0 Å². The van der Waals surface area contributed by atoms with E-state index < -0.39 is 24.2 Å². The molecule has 0 aromatic carbocycles. The van der Waals surface area contributed by atoms with E-state index in [9.17, 15) is 20.1 Å². The molecule has 1 amide bonds. The van der Waals surface area contributed by atoms with Crippen LogP contribution in [0.1, 0.15) is 271 Å². The first-order valence-electron chi connectivity index (χ1n) is 25.2. The van der Waals surface area contributed by atoms with Gasteiger partial charge in [-0.15, -0.1) is 0 Å². The Morgan fingerprint density at radius 3 is 1.09 bits per heavy atom. The molecule has 332 valence electrons. The monoisotopic (exact) mass is 790 g/mol. The zero-order valence-corrected chi connectivity index (χ0v) is 37.8. The molecule has 0 radical (unpaired) electrons. The molecule has 0 aliphatic carbocycles. The highest BCUT2D eigenvalue weighted by molar-refractivity contribution is 5.80. The second-order valence-corrected chi connectivity index (χ2v) is 17.4. The Balaban J connectivity index is 3.48. The summed E-state index contributed by atoms with van der Waals surface area (Å²) >= 11 is 0. The van der Waals surface area contributed by atoms with Crippen molar-refractivity contribution in [1.29, 1.82) is 0 Å². The van der Waals surface area contributed by atoms with Gasteiger partial charge in [0.15, 0.2) is 0 Å². The largest absolute Gasteiger partial charge is 0.394 e. The van der Waals surface area contributed by atoms with Crippen LogP contribution < -0.4 is 5.32 Å². The molecule has 0 spiro atoms. The summed E-state index contributed by atoms with van der Waals surface area (Å²) in [6.45, 7) is 4.16. The minimum atomic E-state index is -1.10. The minimum Gasteiger partial charge on any atom is -0.394 e. The van der Waals surface area contributed by atoms with E-state index >= 15 is 0 Å². The molecule has 0 aliphatic heterocycles. The van der Waals surface area contributed by atoms with Gasteiger partial charge in [-0.05, 0) is 32.1 Å². The van der Waals surface area contributed by atoms with Gasteiger partial charge in [-0.3, -0.25) is 4.79 Å². The summed E-state index contributed by atoms with van der Waals surface area (Å²) in [7, 11) is 0. The van der Waals surface area contributed by atoms with Crippen LogP contribution in [0.5, 0.6) is 0 Å². The van der Waals surface area contributed by atoms with Crippen molar-refractivity contribution in [3.8, 4) is 0 Å². The van der Waals surface area contributed by atoms with E-state index in [4.69, 9.17) is 0 Å². The Hall–Kier alpha value is -1.17. The van der Waals surface area contributed by atoms with Crippen LogP contribution in [0.3, 0.4) is 0 Å². The molecule has 0 aliphatic rings. The summed E-state index contributed by atoms with van der Waals surface area (Å²) in [5, 5.41) is 33.1. The van der Waals surface area contributed by atoms with Crippen molar-refractivity contribution in [2.45, 2.75) is 289 Å². The molecule has 5 heteroatoms. The summed E-state index contributed by atoms with van der Waals surface area (Å²) in [5.41, 5.74) is 0. The van der Waals surface area contributed by atoms with Crippen molar-refractivity contribution in [3.63, 3.8) is 0 Å². The highest BCUT2D eigenvalue weighted by Crippen LogP contribution is 2.17. The van der Waals surface area contributed by atoms with Gasteiger partial charge in [0.05, 0.1) is 18.8 Å². The Labute approximate surface area is 350 Å². The summed E-state index contributed by atoms with van der Waals surface area (Å²) < 4.78 is 0. The number of aliphatic hydroxyl groups excluding tert-OH is 3. The van der Waals surface area contributed by atoms with Crippen LogP contribution in [-0.2, 0) is 4.79 Å². The highest BCUT2D eigenvalue weighted by atomic mass is 16.3. The number of carbonyl (C=O) groups excluding carboxylic acids is 1. The number of aliphatic hydroxyl groups is 3. The molecule has 0 aromatic heterocycles. The molecule has 0 fully saturated rings. The number of allylic oxidation sites excluding steroid dienone is 3. The molecule has 0 saturated heterocycles. The molecule has 0 bridgehead atoms. The lowest BCUT2D eigenvalue weighted by Crippen LogP contribution is -2.48. The Kier molecular flexibility index (Phi) is 45.5. The fraction of sp³-hybridized carbons (Fsp3) is 0.902. The van der Waals surface area contributed by atoms with Crippen molar-refractivity contribution in [3.05, 3.63) is 24.3 Å². The Bertz CT molecular complexity index is 829. The number of hydrogen-bond acceptors (Lipinski definition) is 4.